The molecule has 0 aromatic rings. The molecule has 0 spiro atoms. The second kappa shape index (κ2) is 4.83. The molecular formula is C6H6N4O. The third kappa shape index (κ3) is 3.55. The maximum atomic E-state index is 8.26. The van der Waals surface area contributed by atoms with Gasteiger partial charge in [0.1, 0.15) is 6.07 Å². The molecule has 0 saturated heterocycles. The molecule has 0 atom stereocenters. The summed E-state index contributed by atoms with van der Waals surface area (Å²) in [6.07, 6.45) is 4.82. The van der Waals surface area contributed by atoms with Crippen LogP contribution in [0.5, 0.6) is 0 Å². The summed E-state index contributed by atoms with van der Waals surface area (Å²) >= 11 is 0. The van der Waals surface area contributed by atoms with E-state index in [1.807, 2.05) is 0 Å². The summed E-state index contributed by atoms with van der Waals surface area (Å²) in [6, 6.07) is 1.57. The number of hydrogen-bond donors (Lipinski definition) is 2. The number of rotatable bonds is 3. The van der Waals surface area contributed by atoms with Crippen molar-refractivity contribution in [3.63, 3.8) is 0 Å². The minimum absolute atomic E-state index is 0.0432. The first-order chi connectivity index (χ1) is 5.22. The van der Waals surface area contributed by atoms with Crippen molar-refractivity contribution in [3.8, 4) is 18.4 Å². The van der Waals surface area contributed by atoms with E-state index in [9.17, 15) is 0 Å². The molecule has 0 aliphatic rings. The lowest BCUT2D eigenvalue weighted by Gasteiger charge is -1.92. The van der Waals surface area contributed by atoms with E-state index in [0.717, 1.165) is 0 Å². The Hall–Kier alpha value is -2.01. The Morgan fingerprint density at radius 2 is 2.45 bits per heavy atom. The third-order valence-electron chi connectivity index (χ3n) is 0.665. The molecule has 11 heavy (non-hydrogen) atoms. The van der Waals surface area contributed by atoms with E-state index in [-0.39, 0.29) is 12.3 Å². The number of oxime groups is 1. The number of nitriles is 1. The van der Waals surface area contributed by atoms with E-state index < -0.39 is 5.84 Å². The number of nitrogens with one attached hydrogen (secondary N) is 1. The van der Waals surface area contributed by atoms with Crippen LogP contribution in [0.3, 0.4) is 0 Å². The third-order valence-corrected chi connectivity index (χ3v) is 0.665. The molecule has 56 valence electrons. The van der Waals surface area contributed by atoms with Crippen LogP contribution in [-0.2, 0) is 4.84 Å². The van der Waals surface area contributed by atoms with Crippen molar-refractivity contribution in [1.29, 1.82) is 10.7 Å². The van der Waals surface area contributed by atoms with Crippen LogP contribution in [0.15, 0.2) is 5.16 Å². The Morgan fingerprint density at radius 3 is 2.82 bits per heavy atom. The van der Waals surface area contributed by atoms with Gasteiger partial charge in [-0.25, -0.2) is 0 Å². The Kier molecular flexibility index (Phi) is 3.95. The van der Waals surface area contributed by atoms with Crippen LogP contribution in [0, 0.1) is 29.1 Å². The van der Waals surface area contributed by atoms with E-state index in [0.29, 0.717) is 0 Å². The van der Waals surface area contributed by atoms with Crippen molar-refractivity contribution in [1.82, 2.24) is 0 Å². The van der Waals surface area contributed by atoms with Crippen LogP contribution < -0.4 is 5.73 Å². The molecule has 0 aromatic carbocycles. The Balaban J connectivity index is 4.08. The van der Waals surface area contributed by atoms with Gasteiger partial charge in [0.05, 0.1) is 0 Å². The molecule has 0 aromatic heterocycles. The second-order valence-corrected chi connectivity index (χ2v) is 1.44. The van der Waals surface area contributed by atoms with Gasteiger partial charge in [-0.3, -0.25) is 5.41 Å². The van der Waals surface area contributed by atoms with Crippen molar-refractivity contribution < 1.29 is 4.84 Å². The zero-order valence-electron chi connectivity index (χ0n) is 5.66. The fraction of sp³-hybridized carbons (Fsp3) is 0.167. The molecule has 0 amide bonds. The average Bonchev–Trinajstić information content (AvgIpc) is 1.97. The lowest BCUT2D eigenvalue weighted by molar-refractivity contribution is 0.181. The minimum Gasteiger partial charge on any atom is -0.382 e. The summed E-state index contributed by atoms with van der Waals surface area (Å²) in [4.78, 5) is 4.41. The van der Waals surface area contributed by atoms with Crippen molar-refractivity contribution in [3.05, 3.63) is 0 Å². The summed E-state index contributed by atoms with van der Waals surface area (Å²) in [6.45, 7) is -0.0432. The van der Waals surface area contributed by atoms with Gasteiger partial charge in [-0.2, -0.15) is 5.26 Å². The number of nitrogens with two attached hydrogens (primary N) is 1. The van der Waals surface area contributed by atoms with Gasteiger partial charge in [-0.1, -0.05) is 11.1 Å². The molecule has 0 aliphatic heterocycles. The van der Waals surface area contributed by atoms with Crippen LogP contribution >= 0.6 is 0 Å². The molecule has 5 nitrogen and oxygen atoms in total. The van der Waals surface area contributed by atoms with Gasteiger partial charge in [-0.15, -0.1) is 6.42 Å². The van der Waals surface area contributed by atoms with E-state index in [1.165, 1.54) is 0 Å². The number of amidine groups is 1. The summed E-state index contributed by atoms with van der Waals surface area (Å²) in [5, 5.41) is 18.2. The molecular weight excluding hydrogens is 144 g/mol. The van der Waals surface area contributed by atoms with Crippen LogP contribution in [0.25, 0.3) is 0 Å². The topological polar surface area (TPSA) is 95.2 Å². The largest absolute Gasteiger partial charge is 0.382 e. The van der Waals surface area contributed by atoms with Gasteiger partial charge in [0.25, 0.3) is 0 Å². The Bertz CT molecular complexity index is 255. The van der Waals surface area contributed by atoms with Gasteiger partial charge in [0.2, 0.25) is 5.71 Å². The molecule has 3 N–H and O–H groups in total. The van der Waals surface area contributed by atoms with Gasteiger partial charge >= 0.3 is 0 Å². The molecule has 0 unspecified atom stereocenters. The first-order valence-corrected chi connectivity index (χ1v) is 2.60. The second-order valence-electron chi connectivity index (χ2n) is 1.44. The first-order valence-electron chi connectivity index (χ1n) is 2.60. The molecule has 5 heteroatoms. The van der Waals surface area contributed by atoms with Crippen molar-refractivity contribution >= 4 is 11.5 Å². The van der Waals surface area contributed by atoms with E-state index >= 15 is 0 Å². The van der Waals surface area contributed by atoms with Crippen molar-refractivity contribution in [2.45, 2.75) is 0 Å². The van der Waals surface area contributed by atoms with Crippen molar-refractivity contribution in [2.24, 2.45) is 10.9 Å². The highest BCUT2D eigenvalue weighted by Gasteiger charge is 2.00. The fourth-order valence-corrected chi connectivity index (χ4v) is 0.264. The lowest BCUT2D eigenvalue weighted by atomic mass is 10.4. The van der Waals surface area contributed by atoms with Gasteiger partial charge in [0.15, 0.2) is 12.4 Å². The van der Waals surface area contributed by atoms with Crippen LogP contribution in [-0.4, -0.2) is 18.2 Å². The molecule has 0 bridgehead atoms. The minimum atomic E-state index is -0.440. The normalized spacial score (nSPS) is 9.45. The zero-order chi connectivity index (χ0) is 8.69. The lowest BCUT2D eigenvalue weighted by Crippen LogP contribution is -2.21. The molecule has 0 aliphatic carbocycles. The number of hydrogen-bond acceptors (Lipinski definition) is 4. The van der Waals surface area contributed by atoms with Crippen LogP contribution in [0.4, 0.5) is 0 Å². The average molecular weight is 150 g/mol. The quantitative estimate of drug-likeness (QED) is 0.186. The zero-order valence-corrected chi connectivity index (χ0v) is 5.66. The number of terminal acetylenes is 1. The highest BCUT2D eigenvalue weighted by atomic mass is 16.6. The summed E-state index contributed by atoms with van der Waals surface area (Å²) < 4.78 is 0. The molecule has 0 rings (SSSR count). The van der Waals surface area contributed by atoms with Gasteiger partial charge < -0.3 is 10.6 Å². The monoisotopic (exact) mass is 150 g/mol. The predicted molar refractivity (Wildman–Crippen MR) is 39.7 cm³/mol. The maximum Gasteiger partial charge on any atom is 0.220 e. The summed E-state index contributed by atoms with van der Waals surface area (Å²) in [5.41, 5.74) is 4.65. The molecule has 0 radical (unpaired) electrons. The smallest absolute Gasteiger partial charge is 0.220 e. The van der Waals surface area contributed by atoms with Crippen LogP contribution in [0.1, 0.15) is 0 Å². The highest BCUT2D eigenvalue weighted by Crippen LogP contribution is 1.79. The van der Waals surface area contributed by atoms with E-state index in [1.54, 1.807) is 6.07 Å². The molecule has 0 saturated carbocycles. The summed E-state index contributed by atoms with van der Waals surface area (Å²) in [7, 11) is 0. The van der Waals surface area contributed by atoms with Crippen molar-refractivity contribution in [2.75, 3.05) is 6.61 Å². The van der Waals surface area contributed by atoms with Crippen LogP contribution in [0.2, 0.25) is 0 Å². The maximum absolute atomic E-state index is 8.26. The molecule has 0 heterocycles. The summed E-state index contributed by atoms with van der Waals surface area (Å²) in [5.74, 6) is 1.70. The predicted octanol–water partition coefficient (Wildman–Crippen LogP) is -0.548. The Morgan fingerprint density at radius 1 is 1.82 bits per heavy atom. The van der Waals surface area contributed by atoms with Gasteiger partial charge in [0, 0.05) is 0 Å². The first kappa shape index (κ1) is 8.99. The number of nitrogens with zero attached hydrogens (tertiary/aromatic N) is 2. The van der Waals surface area contributed by atoms with Gasteiger partial charge in [-0.05, 0) is 0 Å². The standard InChI is InChI=1S/C6H6N4O/c1-2-3-11-10-5(4-7)6(8)9/h1H,3H2,(H3,8,9)/b10-5+. The van der Waals surface area contributed by atoms with E-state index in [2.05, 4.69) is 15.9 Å². The fourth-order valence-electron chi connectivity index (χ4n) is 0.264. The SMILES string of the molecule is C#CCO/N=C(\C#N)C(=N)N. The Labute approximate surface area is 63.9 Å². The highest BCUT2D eigenvalue weighted by molar-refractivity contribution is 6.45. The molecule has 0 fully saturated rings. The van der Waals surface area contributed by atoms with E-state index in [4.69, 9.17) is 22.8 Å².